The predicted octanol–water partition coefficient (Wildman–Crippen LogP) is 4.99. The van der Waals surface area contributed by atoms with Gasteiger partial charge in [0.05, 0.1) is 29.2 Å². The number of hydrogen-bond acceptors (Lipinski definition) is 7. The Bertz CT molecular complexity index is 939. The van der Waals surface area contributed by atoms with E-state index in [0.29, 0.717) is 6.07 Å². The van der Waals surface area contributed by atoms with Gasteiger partial charge in [-0.05, 0) is 31.2 Å². The Labute approximate surface area is 173 Å². The number of esters is 1. The number of carbonyl (C=O) groups excluding carboxylic acids is 1. The molecule has 0 unspecified atom stereocenters. The van der Waals surface area contributed by atoms with Gasteiger partial charge in [-0.1, -0.05) is 11.6 Å². The molecule has 0 N–H and O–H groups in total. The van der Waals surface area contributed by atoms with Crippen molar-refractivity contribution in [3.05, 3.63) is 57.1 Å². The molecule has 30 heavy (non-hydrogen) atoms. The second kappa shape index (κ2) is 9.63. The molecule has 2 aromatic rings. The Morgan fingerprint density at radius 3 is 2.47 bits per heavy atom. The topological polar surface area (TPSA) is 91.1 Å². The number of nitrogens with zero attached hydrogens (tertiary/aromatic N) is 2. The molecule has 0 aliphatic heterocycles. The number of anilines is 1. The zero-order valence-electron chi connectivity index (χ0n) is 15.7. The summed E-state index contributed by atoms with van der Waals surface area (Å²) < 4.78 is 48.4. The fraction of sp³-hybridized carbons (Fsp3) is 0.278. The van der Waals surface area contributed by atoms with Gasteiger partial charge in [0, 0.05) is 12.1 Å². The first kappa shape index (κ1) is 23.2. The van der Waals surface area contributed by atoms with Crippen LogP contribution in [0.5, 0.6) is 11.5 Å². The summed E-state index contributed by atoms with van der Waals surface area (Å²) in [6.45, 7) is 1.25. The fourth-order valence-corrected chi connectivity index (χ4v) is 2.56. The summed E-state index contributed by atoms with van der Waals surface area (Å²) in [5.74, 6) is -0.790. The minimum absolute atomic E-state index is 0.0202. The normalized spacial score (nSPS) is 11.1. The zero-order valence-corrected chi connectivity index (χ0v) is 16.5. The maximum atomic E-state index is 12.8. The number of methoxy groups -OCH3 is 1. The number of rotatable bonds is 8. The highest BCUT2D eigenvalue weighted by Gasteiger charge is 2.31. The number of carbonyl (C=O) groups is 1. The van der Waals surface area contributed by atoms with Gasteiger partial charge in [0.1, 0.15) is 23.7 Å². The van der Waals surface area contributed by atoms with E-state index in [-0.39, 0.29) is 28.8 Å². The smallest absolute Gasteiger partial charge is 0.416 e. The lowest BCUT2D eigenvalue weighted by molar-refractivity contribution is -0.384. The van der Waals surface area contributed by atoms with Crippen molar-refractivity contribution in [3.63, 3.8) is 0 Å². The molecule has 0 spiro atoms. The maximum absolute atomic E-state index is 12.8. The van der Waals surface area contributed by atoms with Crippen LogP contribution in [0.3, 0.4) is 0 Å². The molecule has 2 aromatic carbocycles. The lowest BCUT2D eigenvalue weighted by Gasteiger charge is -2.22. The van der Waals surface area contributed by atoms with E-state index in [1.165, 1.54) is 12.1 Å². The van der Waals surface area contributed by atoms with Crippen molar-refractivity contribution in [2.24, 2.45) is 0 Å². The summed E-state index contributed by atoms with van der Waals surface area (Å²) in [5.41, 5.74) is -1.46. The fourth-order valence-electron chi connectivity index (χ4n) is 2.35. The van der Waals surface area contributed by atoms with Gasteiger partial charge in [-0.3, -0.25) is 19.7 Å². The highest BCUT2D eigenvalue weighted by Crippen LogP contribution is 2.38. The number of benzene rings is 2. The predicted molar refractivity (Wildman–Crippen MR) is 101 cm³/mol. The number of alkyl halides is 3. The molecular weight excluding hydrogens is 433 g/mol. The minimum Gasteiger partial charge on any atom is -0.468 e. The van der Waals surface area contributed by atoms with E-state index in [4.69, 9.17) is 21.2 Å². The van der Waals surface area contributed by atoms with Crippen LogP contribution in [0.4, 0.5) is 24.5 Å². The zero-order chi connectivity index (χ0) is 22.5. The van der Waals surface area contributed by atoms with Crippen LogP contribution in [0, 0.1) is 10.1 Å². The molecule has 0 aliphatic carbocycles. The average Bonchev–Trinajstić information content (AvgIpc) is 2.68. The van der Waals surface area contributed by atoms with Crippen LogP contribution in [0.25, 0.3) is 0 Å². The third-order valence-corrected chi connectivity index (χ3v) is 3.98. The van der Waals surface area contributed by atoms with Crippen LogP contribution in [0.1, 0.15) is 12.5 Å². The van der Waals surface area contributed by atoms with Crippen LogP contribution in [0.2, 0.25) is 5.02 Å². The van der Waals surface area contributed by atoms with Crippen LogP contribution in [-0.4, -0.2) is 31.2 Å². The van der Waals surface area contributed by atoms with E-state index < -0.39 is 34.9 Å². The van der Waals surface area contributed by atoms with E-state index in [2.05, 4.69) is 4.74 Å². The Morgan fingerprint density at radius 1 is 1.23 bits per heavy atom. The summed E-state index contributed by atoms with van der Waals surface area (Å²) in [4.78, 5) is 27.6. The number of ether oxygens (including phenoxy) is 2. The van der Waals surface area contributed by atoms with E-state index in [0.717, 1.165) is 30.4 Å². The Morgan fingerprint density at radius 2 is 1.93 bits per heavy atom. The van der Waals surface area contributed by atoms with Gasteiger partial charge >= 0.3 is 12.1 Å². The van der Waals surface area contributed by atoms with Crippen molar-refractivity contribution in [2.75, 3.05) is 25.3 Å². The number of hydroxylamine groups is 1. The number of nitro benzene ring substituents is 1. The molecule has 0 radical (unpaired) electrons. The number of nitro groups is 1. The highest BCUT2D eigenvalue weighted by atomic mass is 35.5. The molecule has 0 bridgehead atoms. The molecule has 2 rings (SSSR count). The number of hydrogen-bond donors (Lipinski definition) is 0. The van der Waals surface area contributed by atoms with E-state index in [1.807, 2.05) is 0 Å². The van der Waals surface area contributed by atoms with Crippen molar-refractivity contribution in [1.29, 1.82) is 0 Å². The quantitative estimate of drug-likeness (QED) is 0.319. The molecule has 0 amide bonds. The van der Waals surface area contributed by atoms with E-state index in [1.54, 1.807) is 6.92 Å². The van der Waals surface area contributed by atoms with E-state index >= 15 is 0 Å². The van der Waals surface area contributed by atoms with Gasteiger partial charge in [0.15, 0.2) is 0 Å². The second-order valence-electron chi connectivity index (χ2n) is 5.68. The van der Waals surface area contributed by atoms with Crippen LogP contribution in [-0.2, 0) is 20.5 Å². The summed E-state index contributed by atoms with van der Waals surface area (Å²) in [6, 6.07) is 6.06. The molecule has 0 saturated carbocycles. The summed E-state index contributed by atoms with van der Waals surface area (Å²) in [6.07, 6.45) is -4.57. The summed E-state index contributed by atoms with van der Waals surface area (Å²) in [7, 11) is 1.15. The van der Waals surface area contributed by atoms with E-state index in [9.17, 15) is 28.1 Å². The van der Waals surface area contributed by atoms with Crippen molar-refractivity contribution >= 4 is 28.9 Å². The van der Waals surface area contributed by atoms with Gasteiger partial charge in [-0.2, -0.15) is 13.2 Å². The van der Waals surface area contributed by atoms with Gasteiger partial charge in [0.2, 0.25) is 0 Å². The van der Waals surface area contributed by atoms with Crippen molar-refractivity contribution in [1.82, 2.24) is 0 Å². The first-order chi connectivity index (χ1) is 14.1. The molecule has 0 fully saturated rings. The van der Waals surface area contributed by atoms with Gasteiger partial charge in [0.25, 0.3) is 5.69 Å². The van der Waals surface area contributed by atoms with Crippen molar-refractivity contribution < 1.29 is 37.2 Å². The largest absolute Gasteiger partial charge is 0.468 e. The molecule has 0 atom stereocenters. The number of halogens is 4. The van der Waals surface area contributed by atoms with Gasteiger partial charge in [-0.15, -0.1) is 0 Å². The molecule has 12 heteroatoms. The molecule has 0 aromatic heterocycles. The van der Waals surface area contributed by atoms with Crippen molar-refractivity contribution in [2.45, 2.75) is 13.1 Å². The monoisotopic (exact) mass is 448 g/mol. The van der Waals surface area contributed by atoms with Gasteiger partial charge < -0.3 is 9.47 Å². The van der Waals surface area contributed by atoms with Gasteiger partial charge in [-0.25, -0.2) is 5.06 Å². The Balaban J connectivity index is 2.42. The molecule has 8 nitrogen and oxygen atoms in total. The lowest BCUT2D eigenvalue weighted by atomic mass is 10.2. The third-order valence-electron chi connectivity index (χ3n) is 3.68. The molecule has 162 valence electrons. The maximum Gasteiger partial charge on any atom is 0.416 e. The molecule has 0 heterocycles. The summed E-state index contributed by atoms with van der Waals surface area (Å²) in [5, 5.41) is 12.0. The summed E-state index contributed by atoms with van der Waals surface area (Å²) >= 11 is 5.88. The second-order valence-corrected chi connectivity index (χ2v) is 6.09. The minimum atomic E-state index is -4.57. The first-order valence-electron chi connectivity index (χ1n) is 8.37. The third kappa shape index (κ3) is 5.74. The first-order valence-corrected chi connectivity index (χ1v) is 8.75. The SMILES string of the molecule is CCON(CC(=O)OC)c1cc(Oc2ccc(C(F)(F)F)cc2Cl)ccc1[N+](=O)[O-]. The average molecular weight is 449 g/mol. The van der Waals surface area contributed by atoms with Crippen LogP contribution in [0.15, 0.2) is 36.4 Å². The van der Waals surface area contributed by atoms with Crippen molar-refractivity contribution in [3.8, 4) is 11.5 Å². The molecule has 0 saturated heterocycles. The highest BCUT2D eigenvalue weighted by molar-refractivity contribution is 6.32. The lowest BCUT2D eigenvalue weighted by Crippen LogP contribution is -2.31. The van der Waals surface area contributed by atoms with Crippen LogP contribution >= 0.6 is 11.6 Å². The molecular formula is C18H16ClF3N2O6. The Kier molecular flexibility index (Phi) is 7.46. The van der Waals surface area contributed by atoms with Crippen LogP contribution < -0.4 is 9.80 Å². The Hall–Kier alpha value is -3.05. The standard InChI is InChI=1S/C18H16ClF3N2O6/c1-3-29-23(10-17(25)28-2)15-9-12(5-6-14(15)24(26)27)30-16-7-4-11(8-13(16)19)18(20,21)22/h4-9H,3,10H2,1-2H3. The molecule has 0 aliphatic rings.